The minimum atomic E-state index is -1.95. The summed E-state index contributed by atoms with van der Waals surface area (Å²) >= 11 is 0. The molecule has 0 spiro atoms. The van der Waals surface area contributed by atoms with E-state index in [1.165, 1.54) is 18.2 Å². The van der Waals surface area contributed by atoms with Crippen molar-refractivity contribution in [2.24, 2.45) is 0 Å². The first-order valence-electron chi connectivity index (χ1n) is 5.60. The molecular formula is C14H9F3O2S. The summed E-state index contributed by atoms with van der Waals surface area (Å²) in [6.07, 6.45) is 0. The first kappa shape index (κ1) is 14.5. The van der Waals surface area contributed by atoms with Gasteiger partial charge in [0.05, 0.1) is 27.0 Å². The van der Waals surface area contributed by atoms with Crippen LogP contribution in [0.1, 0.15) is 10.4 Å². The van der Waals surface area contributed by atoms with E-state index in [-0.39, 0.29) is 4.90 Å². The molecule has 2 aromatic rings. The van der Waals surface area contributed by atoms with Crippen LogP contribution in [0.4, 0.5) is 13.2 Å². The first-order valence-corrected chi connectivity index (χ1v) is 6.92. The molecule has 0 aliphatic heterocycles. The van der Waals surface area contributed by atoms with Gasteiger partial charge in [-0.1, -0.05) is 12.1 Å². The fraction of sp³-hybridized carbons (Fsp3) is 0.0714. The molecule has 0 bridgehead atoms. The molecule has 1 atom stereocenters. The van der Waals surface area contributed by atoms with E-state index < -0.39 is 45.4 Å². The quantitative estimate of drug-likeness (QED) is 0.813. The van der Waals surface area contributed by atoms with Crippen molar-refractivity contribution in [3.05, 3.63) is 65.5 Å². The first-order chi connectivity index (χ1) is 9.49. The normalized spacial score (nSPS) is 12.2. The number of ketones is 1. The number of carbonyl (C=O) groups excluding carboxylic acids is 1. The van der Waals surface area contributed by atoms with Crippen LogP contribution in [-0.2, 0) is 10.8 Å². The maximum atomic E-state index is 13.4. The summed E-state index contributed by atoms with van der Waals surface area (Å²) < 4.78 is 51.6. The Morgan fingerprint density at radius 2 is 1.70 bits per heavy atom. The third-order valence-corrected chi connectivity index (χ3v) is 3.92. The van der Waals surface area contributed by atoms with Gasteiger partial charge in [0.1, 0.15) is 17.5 Å². The summed E-state index contributed by atoms with van der Waals surface area (Å²) in [5.74, 6) is -3.84. The molecule has 0 fully saturated rings. The highest BCUT2D eigenvalue weighted by Gasteiger charge is 2.18. The molecule has 2 nitrogen and oxygen atoms in total. The summed E-state index contributed by atoms with van der Waals surface area (Å²) in [6.45, 7) is 0. The Labute approximate surface area is 115 Å². The van der Waals surface area contributed by atoms with E-state index in [1.54, 1.807) is 0 Å². The molecule has 0 aliphatic rings. The fourth-order valence-corrected chi connectivity index (χ4v) is 2.68. The average Bonchev–Trinajstić information content (AvgIpc) is 2.41. The molecule has 0 aliphatic carbocycles. The highest BCUT2D eigenvalue weighted by molar-refractivity contribution is 7.85. The number of halogens is 3. The lowest BCUT2D eigenvalue weighted by atomic mass is 10.1. The lowest BCUT2D eigenvalue weighted by molar-refractivity contribution is 0.101. The largest absolute Gasteiger partial charge is 0.293 e. The minimum Gasteiger partial charge on any atom is -0.293 e. The van der Waals surface area contributed by atoms with E-state index in [0.717, 1.165) is 24.3 Å². The van der Waals surface area contributed by atoms with Gasteiger partial charge in [0.2, 0.25) is 0 Å². The molecule has 0 saturated carbocycles. The smallest absolute Gasteiger partial charge is 0.178 e. The second-order valence-corrected chi connectivity index (χ2v) is 5.39. The summed E-state index contributed by atoms with van der Waals surface area (Å²) in [5, 5.41) is 0. The van der Waals surface area contributed by atoms with Crippen LogP contribution in [0.2, 0.25) is 0 Å². The number of benzene rings is 2. The summed E-state index contributed by atoms with van der Waals surface area (Å²) in [7, 11) is -1.95. The minimum absolute atomic E-state index is 0.141. The number of carbonyl (C=O) groups is 1. The molecule has 0 amide bonds. The fourth-order valence-electron chi connectivity index (χ4n) is 1.62. The van der Waals surface area contributed by atoms with Crippen LogP contribution in [0.3, 0.4) is 0 Å². The van der Waals surface area contributed by atoms with Gasteiger partial charge >= 0.3 is 0 Å². The van der Waals surface area contributed by atoms with Crippen LogP contribution in [0.25, 0.3) is 0 Å². The van der Waals surface area contributed by atoms with Crippen molar-refractivity contribution in [2.45, 2.75) is 4.90 Å². The van der Waals surface area contributed by atoms with E-state index in [1.807, 2.05) is 0 Å². The molecule has 2 rings (SSSR count). The van der Waals surface area contributed by atoms with Crippen molar-refractivity contribution >= 4 is 16.6 Å². The topological polar surface area (TPSA) is 34.1 Å². The lowest BCUT2D eigenvalue weighted by Gasteiger charge is -2.04. The molecule has 1 unspecified atom stereocenters. The van der Waals surface area contributed by atoms with Crippen LogP contribution in [0.15, 0.2) is 47.4 Å². The average molecular weight is 298 g/mol. The maximum absolute atomic E-state index is 13.4. The highest BCUT2D eigenvalue weighted by atomic mass is 32.2. The van der Waals surface area contributed by atoms with Crippen LogP contribution in [0.5, 0.6) is 0 Å². The van der Waals surface area contributed by atoms with Gasteiger partial charge in [-0.15, -0.1) is 0 Å². The second-order valence-electron chi connectivity index (χ2n) is 3.97. The van der Waals surface area contributed by atoms with Crippen molar-refractivity contribution in [2.75, 3.05) is 5.75 Å². The highest BCUT2D eigenvalue weighted by Crippen LogP contribution is 2.15. The Bertz CT molecular complexity index is 686. The van der Waals surface area contributed by atoms with Gasteiger partial charge in [0, 0.05) is 0 Å². The summed E-state index contributed by atoms with van der Waals surface area (Å²) in [4.78, 5) is 11.6. The van der Waals surface area contributed by atoms with Gasteiger partial charge in [0.15, 0.2) is 5.78 Å². The van der Waals surface area contributed by atoms with E-state index in [9.17, 15) is 22.2 Å². The number of hydrogen-bond acceptors (Lipinski definition) is 2. The van der Waals surface area contributed by atoms with Crippen molar-refractivity contribution in [1.29, 1.82) is 0 Å². The molecular weight excluding hydrogens is 289 g/mol. The van der Waals surface area contributed by atoms with Gasteiger partial charge in [-0.3, -0.25) is 9.00 Å². The molecule has 20 heavy (non-hydrogen) atoms. The van der Waals surface area contributed by atoms with Crippen LogP contribution >= 0.6 is 0 Å². The zero-order valence-corrected chi connectivity index (χ0v) is 10.9. The van der Waals surface area contributed by atoms with E-state index in [0.29, 0.717) is 0 Å². The van der Waals surface area contributed by atoms with Crippen LogP contribution < -0.4 is 0 Å². The van der Waals surface area contributed by atoms with Crippen molar-refractivity contribution in [3.63, 3.8) is 0 Å². The van der Waals surface area contributed by atoms with Gasteiger partial charge < -0.3 is 0 Å². The van der Waals surface area contributed by atoms with Crippen molar-refractivity contribution in [3.8, 4) is 0 Å². The molecule has 6 heteroatoms. The SMILES string of the molecule is O=C(CS(=O)c1ccccc1F)c1cc(F)ccc1F. The molecule has 104 valence electrons. The summed E-state index contributed by atoms with van der Waals surface area (Å²) in [5.41, 5.74) is -0.491. The molecule has 0 radical (unpaired) electrons. The Morgan fingerprint density at radius 1 is 1.00 bits per heavy atom. The third kappa shape index (κ3) is 3.14. The standard InChI is InChI=1S/C14H9F3O2S/c15-9-5-6-11(16)10(7-9)13(18)8-20(19)14-4-2-1-3-12(14)17/h1-7H,8H2. The zero-order valence-electron chi connectivity index (χ0n) is 10.1. The number of rotatable bonds is 4. The monoisotopic (exact) mass is 298 g/mol. The van der Waals surface area contributed by atoms with Gasteiger partial charge in [-0.2, -0.15) is 0 Å². The van der Waals surface area contributed by atoms with E-state index in [4.69, 9.17) is 0 Å². The van der Waals surface area contributed by atoms with E-state index in [2.05, 4.69) is 0 Å². The van der Waals surface area contributed by atoms with Crippen LogP contribution in [0, 0.1) is 17.5 Å². The molecule has 0 saturated heterocycles. The number of hydrogen-bond donors (Lipinski definition) is 0. The molecule has 2 aromatic carbocycles. The van der Waals surface area contributed by atoms with Crippen LogP contribution in [-0.4, -0.2) is 15.7 Å². The Hall–Kier alpha value is -1.95. The van der Waals surface area contributed by atoms with Crippen molar-refractivity contribution < 1.29 is 22.2 Å². The maximum Gasteiger partial charge on any atom is 0.178 e. The zero-order chi connectivity index (χ0) is 14.7. The second kappa shape index (κ2) is 6.00. The van der Waals surface area contributed by atoms with Gasteiger partial charge in [-0.25, -0.2) is 13.2 Å². The van der Waals surface area contributed by atoms with E-state index >= 15 is 0 Å². The predicted molar refractivity (Wildman–Crippen MR) is 68.4 cm³/mol. The Kier molecular flexibility index (Phi) is 4.34. The predicted octanol–water partition coefficient (Wildman–Crippen LogP) is 3.09. The Balaban J connectivity index is 2.22. The number of Topliss-reactive ketones (excluding diaryl/α,β-unsaturated/α-hetero) is 1. The van der Waals surface area contributed by atoms with Crippen molar-refractivity contribution in [1.82, 2.24) is 0 Å². The Morgan fingerprint density at radius 3 is 2.40 bits per heavy atom. The summed E-state index contributed by atoms with van der Waals surface area (Å²) in [6, 6.07) is 7.71. The third-order valence-electron chi connectivity index (χ3n) is 2.57. The lowest BCUT2D eigenvalue weighted by Crippen LogP contribution is -2.14. The molecule has 0 N–H and O–H groups in total. The molecule has 0 heterocycles. The molecule has 0 aromatic heterocycles. The van der Waals surface area contributed by atoms with Gasteiger partial charge in [-0.05, 0) is 30.3 Å². The van der Waals surface area contributed by atoms with Gasteiger partial charge in [0.25, 0.3) is 0 Å².